The van der Waals surface area contributed by atoms with Crippen LogP contribution < -0.4 is 14.5 Å². The number of ether oxygens (including phenoxy) is 1. The molecular formula is C35H57NO3Si. The molecule has 0 spiro atoms. The number of nitrogens with one attached hydrogen (secondary N) is 1. The molecule has 224 valence electrons. The maximum atomic E-state index is 13.3. The number of benzene rings is 1. The highest BCUT2D eigenvalue weighted by Crippen LogP contribution is 2.56. The Kier molecular flexibility index (Phi) is 8.96. The summed E-state index contributed by atoms with van der Waals surface area (Å²) in [6.45, 7) is 23.1. The lowest BCUT2D eigenvalue weighted by molar-refractivity contribution is -0.119. The van der Waals surface area contributed by atoms with Gasteiger partial charge in [-0.15, -0.1) is 0 Å². The highest BCUT2D eigenvalue weighted by Gasteiger charge is 2.48. The molecule has 1 N–H and O–H groups in total. The Labute approximate surface area is 246 Å². The Balaban J connectivity index is 1.76. The van der Waals surface area contributed by atoms with Gasteiger partial charge in [0.2, 0.25) is 14.2 Å². The van der Waals surface area contributed by atoms with E-state index in [1.54, 1.807) is 0 Å². The molecule has 0 unspecified atom stereocenters. The Hall–Kier alpha value is -1.75. The van der Waals surface area contributed by atoms with Crippen molar-refractivity contribution in [2.45, 2.75) is 161 Å². The first-order valence-corrected chi connectivity index (χ1v) is 19.0. The third kappa shape index (κ3) is 6.50. The normalized spacial score (nSPS) is 22.8. The fourth-order valence-corrected chi connectivity index (χ4v) is 7.46. The van der Waals surface area contributed by atoms with E-state index in [0.717, 1.165) is 49.2 Å². The van der Waals surface area contributed by atoms with Gasteiger partial charge in [0, 0.05) is 29.0 Å². The Morgan fingerprint density at radius 3 is 2.40 bits per heavy atom. The average molecular weight is 568 g/mol. The summed E-state index contributed by atoms with van der Waals surface area (Å²) < 4.78 is 14.1. The van der Waals surface area contributed by atoms with Crippen molar-refractivity contribution in [3.05, 3.63) is 34.9 Å². The van der Waals surface area contributed by atoms with Gasteiger partial charge >= 0.3 is 0 Å². The van der Waals surface area contributed by atoms with E-state index in [9.17, 15) is 4.79 Å². The van der Waals surface area contributed by atoms with Crippen molar-refractivity contribution < 1.29 is 14.0 Å². The topological polar surface area (TPSA) is 47.6 Å². The van der Waals surface area contributed by atoms with Gasteiger partial charge in [0.25, 0.3) is 0 Å². The van der Waals surface area contributed by atoms with Crippen molar-refractivity contribution >= 4 is 14.2 Å². The fourth-order valence-electron chi connectivity index (χ4n) is 6.43. The van der Waals surface area contributed by atoms with Crippen molar-refractivity contribution in [3.63, 3.8) is 0 Å². The smallest absolute Gasteiger partial charge is 0.250 e. The van der Waals surface area contributed by atoms with Crippen LogP contribution in [-0.2, 0) is 10.2 Å². The zero-order valence-electron chi connectivity index (χ0n) is 27.3. The molecule has 0 aromatic heterocycles. The monoisotopic (exact) mass is 567 g/mol. The third-order valence-electron chi connectivity index (χ3n) is 10.6. The van der Waals surface area contributed by atoms with Gasteiger partial charge in [-0.25, -0.2) is 0 Å². The van der Waals surface area contributed by atoms with Crippen molar-refractivity contribution in [1.29, 1.82) is 0 Å². The Morgan fingerprint density at radius 1 is 1.10 bits per heavy atom. The highest BCUT2D eigenvalue weighted by molar-refractivity contribution is 6.74. The van der Waals surface area contributed by atoms with Crippen LogP contribution in [0.5, 0.6) is 11.5 Å². The molecule has 0 bridgehead atoms. The lowest BCUT2D eigenvalue weighted by Gasteiger charge is -2.48. The maximum Gasteiger partial charge on any atom is 0.250 e. The van der Waals surface area contributed by atoms with E-state index in [4.69, 9.17) is 9.16 Å². The zero-order valence-corrected chi connectivity index (χ0v) is 28.3. The predicted octanol–water partition coefficient (Wildman–Crippen LogP) is 9.58. The number of carbonyl (C=O) groups is 1. The molecule has 1 fully saturated rings. The third-order valence-corrected chi connectivity index (χ3v) is 15.0. The number of unbranched alkanes of at least 4 members (excludes halogenated alkanes) is 3. The summed E-state index contributed by atoms with van der Waals surface area (Å²) in [6, 6.07) is 5.02. The summed E-state index contributed by atoms with van der Waals surface area (Å²) >= 11 is 0. The maximum absolute atomic E-state index is 13.3. The molecule has 5 heteroatoms. The molecule has 40 heavy (non-hydrogen) atoms. The molecule has 1 saturated carbocycles. The summed E-state index contributed by atoms with van der Waals surface area (Å²) in [5.74, 6) is 2.61. The van der Waals surface area contributed by atoms with Gasteiger partial charge in [-0.3, -0.25) is 4.79 Å². The minimum absolute atomic E-state index is 0.0267. The number of carbonyl (C=O) groups excluding carboxylic acids is 1. The van der Waals surface area contributed by atoms with Crippen LogP contribution in [-0.4, -0.2) is 25.9 Å². The van der Waals surface area contributed by atoms with Crippen LogP contribution in [0.4, 0.5) is 0 Å². The first-order chi connectivity index (χ1) is 18.6. The number of fused-ring (bicyclic) bond motifs is 3. The van der Waals surface area contributed by atoms with Gasteiger partial charge in [0.15, 0.2) is 0 Å². The van der Waals surface area contributed by atoms with Crippen molar-refractivity contribution in [2.75, 3.05) is 0 Å². The SMILES string of the molecule is CCCCCCC(C)(C)c1cc2c(c(O[Si](C)(C)C(C)(C)C)c1)[C@@H]1CC(C(=O)NC3CCC3)=CC[C@H]1C(C)(C)O2. The second-order valence-corrected chi connectivity index (χ2v) is 20.4. The van der Waals surface area contributed by atoms with Crippen LogP contribution in [0.15, 0.2) is 23.8 Å². The van der Waals surface area contributed by atoms with Crippen LogP contribution in [0, 0.1) is 5.92 Å². The summed E-state index contributed by atoms with van der Waals surface area (Å²) in [6.07, 6.45) is 13.4. The first-order valence-electron chi connectivity index (χ1n) is 16.1. The minimum atomic E-state index is -2.12. The van der Waals surface area contributed by atoms with Crippen LogP contribution in [0.1, 0.15) is 137 Å². The molecule has 1 aromatic rings. The van der Waals surface area contributed by atoms with Gasteiger partial charge in [0.05, 0.1) is 0 Å². The summed E-state index contributed by atoms with van der Waals surface area (Å²) in [4.78, 5) is 13.3. The number of hydrogen-bond acceptors (Lipinski definition) is 3. The van der Waals surface area contributed by atoms with Crippen molar-refractivity contribution in [3.8, 4) is 11.5 Å². The van der Waals surface area contributed by atoms with Gasteiger partial charge in [-0.1, -0.05) is 73.3 Å². The molecule has 3 aliphatic rings. The van der Waals surface area contributed by atoms with Gasteiger partial charge < -0.3 is 14.5 Å². The summed E-state index contributed by atoms with van der Waals surface area (Å²) in [7, 11) is -2.12. The number of allylic oxidation sites excluding steroid dienone is 1. The minimum Gasteiger partial charge on any atom is -0.543 e. The van der Waals surface area contributed by atoms with Gasteiger partial charge in [-0.2, -0.15) is 0 Å². The summed E-state index contributed by atoms with van der Waals surface area (Å²) in [5.41, 5.74) is 3.15. The van der Waals surface area contributed by atoms with Gasteiger partial charge in [0.1, 0.15) is 17.1 Å². The molecule has 2 aliphatic carbocycles. The van der Waals surface area contributed by atoms with E-state index in [-0.39, 0.29) is 27.9 Å². The van der Waals surface area contributed by atoms with Crippen LogP contribution in [0.2, 0.25) is 18.1 Å². The van der Waals surface area contributed by atoms with E-state index in [1.165, 1.54) is 43.2 Å². The van der Waals surface area contributed by atoms with Crippen LogP contribution in [0.25, 0.3) is 0 Å². The van der Waals surface area contributed by atoms with E-state index in [1.807, 2.05) is 0 Å². The van der Waals surface area contributed by atoms with Crippen molar-refractivity contribution in [1.82, 2.24) is 5.32 Å². The number of hydrogen-bond donors (Lipinski definition) is 1. The molecule has 1 amide bonds. The Morgan fingerprint density at radius 2 is 1.80 bits per heavy atom. The standard InChI is InChI=1S/C35H57NO3Si/c1-11-12-13-14-20-34(5,6)25-22-29-31(30(23-25)39-40(9,10)33(2,3)4)27-21-24(32(37)36-26-16-15-17-26)18-19-28(27)35(7,8)38-29/h18,22-23,26-28H,11-17,19-21H2,1-10H3,(H,36,37)/t27-,28-/m1/s1. The first kappa shape index (κ1) is 31.2. The fraction of sp³-hybridized carbons (Fsp3) is 0.743. The van der Waals surface area contributed by atoms with Crippen molar-refractivity contribution in [2.24, 2.45) is 5.92 Å². The molecule has 2 atom stereocenters. The van der Waals surface area contributed by atoms with E-state index in [2.05, 4.69) is 92.0 Å². The molecule has 0 saturated heterocycles. The largest absolute Gasteiger partial charge is 0.543 e. The molecule has 4 nitrogen and oxygen atoms in total. The van der Waals surface area contributed by atoms with E-state index in [0.29, 0.717) is 12.0 Å². The van der Waals surface area contributed by atoms with Crippen LogP contribution >= 0.6 is 0 Å². The lowest BCUT2D eigenvalue weighted by atomic mass is 9.66. The second kappa shape index (κ2) is 11.5. The zero-order chi connectivity index (χ0) is 29.5. The Bertz CT molecular complexity index is 1110. The molecule has 1 aromatic carbocycles. The average Bonchev–Trinajstić information content (AvgIpc) is 2.82. The van der Waals surface area contributed by atoms with Gasteiger partial charge in [-0.05, 0) is 93.6 Å². The van der Waals surface area contributed by atoms with E-state index >= 15 is 0 Å². The molecular weight excluding hydrogens is 510 g/mol. The number of rotatable bonds is 10. The summed E-state index contributed by atoms with van der Waals surface area (Å²) in [5, 5.41) is 3.38. The molecule has 1 heterocycles. The highest BCUT2D eigenvalue weighted by atomic mass is 28.4. The molecule has 1 aliphatic heterocycles. The lowest BCUT2D eigenvalue weighted by Crippen LogP contribution is -2.48. The molecule has 0 radical (unpaired) electrons. The molecule has 4 rings (SSSR count). The predicted molar refractivity (Wildman–Crippen MR) is 170 cm³/mol. The van der Waals surface area contributed by atoms with Crippen LogP contribution in [0.3, 0.4) is 0 Å². The quantitative estimate of drug-likeness (QED) is 0.226. The second-order valence-electron chi connectivity index (χ2n) is 15.6. The number of amides is 1. The van der Waals surface area contributed by atoms with E-state index < -0.39 is 8.32 Å².